The van der Waals surface area contributed by atoms with E-state index in [1.54, 1.807) is 12.1 Å². The van der Waals surface area contributed by atoms with Gasteiger partial charge in [-0.3, -0.25) is 10.1 Å². The van der Waals surface area contributed by atoms with Crippen LogP contribution in [0.25, 0.3) is 0 Å². The van der Waals surface area contributed by atoms with Crippen LogP contribution in [0.2, 0.25) is 0 Å². The average Bonchev–Trinajstić information content (AvgIpc) is 2.37. The quantitative estimate of drug-likeness (QED) is 0.679. The minimum absolute atomic E-state index is 0.0920. The fourth-order valence-corrected chi connectivity index (χ4v) is 1.64. The number of nitrogens with zero attached hydrogens (tertiary/aromatic N) is 1. The predicted octanol–water partition coefficient (Wildman–Crippen LogP) is 3.49. The lowest BCUT2D eigenvalue weighted by molar-refractivity contribution is -0.386. The third kappa shape index (κ3) is 3.04. The summed E-state index contributed by atoms with van der Waals surface area (Å²) in [5.74, 6) is -1.26. The number of benzene rings is 2. The lowest BCUT2D eigenvalue weighted by Crippen LogP contribution is -2.04. The Morgan fingerprint density at radius 1 is 1.11 bits per heavy atom. The Bertz CT molecular complexity index is 600. The number of nitro groups is 1. The molecule has 0 amide bonds. The third-order valence-electron chi connectivity index (χ3n) is 2.57. The second-order valence-corrected chi connectivity index (χ2v) is 3.87. The highest BCUT2D eigenvalue weighted by Crippen LogP contribution is 2.27. The van der Waals surface area contributed by atoms with Crippen LogP contribution >= 0.6 is 0 Å². The van der Waals surface area contributed by atoms with Crippen molar-refractivity contribution in [2.24, 2.45) is 0 Å². The van der Waals surface area contributed by atoms with Crippen LogP contribution in [-0.2, 0) is 6.54 Å². The molecule has 0 heterocycles. The van der Waals surface area contributed by atoms with Gasteiger partial charge in [0.2, 0.25) is 5.82 Å². The number of anilines is 1. The maximum absolute atomic E-state index is 13.3. The van der Waals surface area contributed by atoms with Crippen molar-refractivity contribution in [1.82, 2.24) is 0 Å². The zero-order valence-corrected chi connectivity index (χ0v) is 9.77. The number of nitro benzene ring substituents is 1. The van der Waals surface area contributed by atoms with Crippen molar-refractivity contribution in [3.63, 3.8) is 0 Å². The average molecular weight is 264 g/mol. The molecule has 0 unspecified atom stereocenters. The van der Waals surface area contributed by atoms with Gasteiger partial charge >= 0.3 is 5.69 Å². The summed E-state index contributed by atoms with van der Waals surface area (Å²) < 4.78 is 26.1. The molecule has 0 aliphatic heterocycles. The van der Waals surface area contributed by atoms with Gasteiger partial charge in [0.1, 0.15) is 11.5 Å². The number of hydrogen-bond acceptors (Lipinski definition) is 3. The van der Waals surface area contributed by atoms with E-state index >= 15 is 0 Å². The van der Waals surface area contributed by atoms with Crippen molar-refractivity contribution in [1.29, 1.82) is 0 Å². The molecule has 0 aliphatic carbocycles. The molecule has 2 rings (SSSR count). The van der Waals surface area contributed by atoms with Gasteiger partial charge in [0, 0.05) is 6.54 Å². The van der Waals surface area contributed by atoms with Gasteiger partial charge in [-0.2, -0.15) is 4.39 Å². The monoisotopic (exact) mass is 264 g/mol. The Balaban J connectivity index is 2.18. The molecule has 4 nitrogen and oxygen atoms in total. The van der Waals surface area contributed by atoms with Gasteiger partial charge < -0.3 is 5.32 Å². The highest BCUT2D eigenvalue weighted by atomic mass is 19.1. The normalized spacial score (nSPS) is 10.2. The van der Waals surface area contributed by atoms with Crippen LogP contribution in [0.3, 0.4) is 0 Å². The minimum atomic E-state index is -0.894. The van der Waals surface area contributed by atoms with Crippen molar-refractivity contribution >= 4 is 11.4 Å². The third-order valence-corrected chi connectivity index (χ3v) is 2.57. The highest BCUT2D eigenvalue weighted by Gasteiger charge is 2.19. The first-order valence-electron chi connectivity index (χ1n) is 5.49. The van der Waals surface area contributed by atoms with Crippen LogP contribution in [0.1, 0.15) is 5.56 Å². The molecule has 2 aromatic carbocycles. The lowest BCUT2D eigenvalue weighted by Gasteiger charge is -2.07. The summed E-state index contributed by atoms with van der Waals surface area (Å²) in [4.78, 5) is 10.00. The Morgan fingerprint density at radius 2 is 1.79 bits per heavy atom. The summed E-state index contributed by atoms with van der Waals surface area (Å²) in [5.41, 5.74) is 0.235. The van der Waals surface area contributed by atoms with Crippen LogP contribution in [0.5, 0.6) is 0 Å². The molecule has 0 saturated carbocycles. The van der Waals surface area contributed by atoms with Crippen molar-refractivity contribution < 1.29 is 13.7 Å². The van der Waals surface area contributed by atoms with E-state index in [4.69, 9.17) is 0 Å². The first kappa shape index (κ1) is 12.9. The van der Waals surface area contributed by atoms with Gasteiger partial charge in [-0.1, -0.05) is 18.2 Å². The van der Waals surface area contributed by atoms with E-state index in [9.17, 15) is 18.9 Å². The highest BCUT2D eigenvalue weighted by molar-refractivity contribution is 5.62. The minimum Gasteiger partial charge on any atom is -0.375 e. The molecule has 1 N–H and O–H groups in total. The van der Waals surface area contributed by atoms with Crippen molar-refractivity contribution in [3.8, 4) is 0 Å². The summed E-state index contributed by atoms with van der Waals surface area (Å²) in [6, 6.07) is 9.51. The summed E-state index contributed by atoms with van der Waals surface area (Å²) in [6.45, 7) is 0.241. The molecule has 0 radical (unpaired) electrons. The van der Waals surface area contributed by atoms with Crippen LogP contribution < -0.4 is 5.32 Å². The Hall–Kier alpha value is -2.50. The zero-order valence-electron chi connectivity index (χ0n) is 9.77. The molecule has 0 spiro atoms. The van der Waals surface area contributed by atoms with Crippen LogP contribution in [-0.4, -0.2) is 4.92 Å². The Labute approximate surface area is 107 Å². The van der Waals surface area contributed by atoms with Crippen LogP contribution in [0.4, 0.5) is 20.2 Å². The summed E-state index contributed by atoms with van der Waals surface area (Å²) in [6.07, 6.45) is 0. The largest absolute Gasteiger partial charge is 0.375 e. The molecule has 6 heteroatoms. The smallest absolute Gasteiger partial charge is 0.327 e. The molecular formula is C13H10F2N2O2. The molecular weight excluding hydrogens is 254 g/mol. The van der Waals surface area contributed by atoms with E-state index in [0.29, 0.717) is 0 Å². The SMILES string of the molecule is O=[N+]([O-])c1c(F)cccc1NCc1ccc(F)cc1. The van der Waals surface area contributed by atoms with Gasteiger partial charge in [-0.25, -0.2) is 4.39 Å². The maximum atomic E-state index is 13.3. The van der Waals surface area contributed by atoms with E-state index in [2.05, 4.69) is 5.32 Å². The molecule has 0 fully saturated rings. The maximum Gasteiger partial charge on any atom is 0.327 e. The molecule has 0 aliphatic rings. The van der Waals surface area contributed by atoms with E-state index in [0.717, 1.165) is 11.6 Å². The Kier molecular flexibility index (Phi) is 3.70. The van der Waals surface area contributed by atoms with E-state index in [1.807, 2.05) is 0 Å². The van der Waals surface area contributed by atoms with Crippen molar-refractivity contribution in [3.05, 3.63) is 69.8 Å². The second-order valence-electron chi connectivity index (χ2n) is 3.87. The fraction of sp³-hybridized carbons (Fsp3) is 0.0769. The van der Waals surface area contributed by atoms with E-state index < -0.39 is 16.4 Å². The first-order chi connectivity index (χ1) is 9.08. The summed E-state index contributed by atoms with van der Waals surface area (Å²) in [7, 11) is 0. The fourth-order valence-electron chi connectivity index (χ4n) is 1.64. The Morgan fingerprint density at radius 3 is 2.42 bits per heavy atom. The molecule has 2 aromatic rings. The molecule has 98 valence electrons. The lowest BCUT2D eigenvalue weighted by atomic mass is 10.2. The standard InChI is InChI=1S/C13H10F2N2O2/c14-10-6-4-9(5-7-10)8-16-12-3-1-2-11(15)13(12)17(18)19/h1-7,16H,8H2. The van der Waals surface area contributed by atoms with E-state index in [1.165, 1.54) is 24.3 Å². The van der Waals surface area contributed by atoms with Crippen molar-refractivity contribution in [2.45, 2.75) is 6.54 Å². The van der Waals surface area contributed by atoms with Gasteiger partial charge in [-0.15, -0.1) is 0 Å². The van der Waals surface area contributed by atoms with Gasteiger partial charge in [0.05, 0.1) is 4.92 Å². The molecule has 0 bridgehead atoms. The number of rotatable bonds is 4. The van der Waals surface area contributed by atoms with Crippen molar-refractivity contribution in [2.75, 3.05) is 5.32 Å². The number of halogens is 2. The topological polar surface area (TPSA) is 55.2 Å². The second kappa shape index (κ2) is 5.43. The zero-order chi connectivity index (χ0) is 13.8. The molecule has 19 heavy (non-hydrogen) atoms. The van der Waals surface area contributed by atoms with E-state index in [-0.39, 0.29) is 18.0 Å². The number of nitrogens with one attached hydrogen (secondary N) is 1. The van der Waals surface area contributed by atoms with Gasteiger partial charge in [0.15, 0.2) is 0 Å². The molecule has 0 saturated heterocycles. The van der Waals surface area contributed by atoms with Gasteiger partial charge in [0.25, 0.3) is 0 Å². The predicted molar refractivity (Wildman–Crippen MR) is 66.8 cm³/mol. The summed E-state index contributed by atoms with van der Waals surface area (Å²) >= 11 is 0. The van der Waals surface area contributed by atoms with Crippen LogP contribution in [0, 0.1) is 21.7 Å². The molecule has 0 aromatic heterocycles. The van der Waals surface area contributed by atoms with Gasteiger partial charge in [-0.05, 0) is 29.8 Å². The number of para-hydroxylation sites is 1. The summed E-state index contributed by atoms with van der Waals surface area (Å²) in [5, 5.41) is 13.5. The van der Waals surface area contributed by atoms with Crippen LogP contribution in [0.15, 0.2) is 42.5 Å². The first-order valence-corrected chi connectivity index (χ1v) is 5.49. The number of hydrogen-bond donors (Lipinski definition) is 1. The molecule has 0 atom stereocenters.